The standard InChI is InChI=1S/C18H38NO/c1-2-3-4-5-6-7-8-9-10-11-12-13-14-15-16-17-18(19)20/h9,18,20H,2-8,10-17,19H2,1H3. The molecular formula is C18H38NO. The summed E-state index contributed by atoms with van der Waals surface area (Å²) in [7, 11) is 0. The Balaban J connectivity index is 2.92. The van der Waals surface area contributed by atoms with Crippen LogP contribution in [0.15, 0.2) is 0 Å². The zero-order valence-electron chi connectivity index (χ0n) is 13.8. The number of hydrogen-bond donors (Lipinski definition) is 2. The fraction of sp³-hybridized carbons (Fsp3) is 0.944. The zero-order valence-corrected chi connectivity index (χ0v) is 13.8. The Bertz CT molecular complexity index is 171. The highest BCUT2D eigenvalue weighted by Gasteiger charge is 1.96. The highest BCUT2D eigenvalue weighted by molar-refractivity contribution is 4.64. The van der Waals surface area contributed by atoms with Gasteiger partial charge in [0.1, 0.15) is 6.23 Å². The highest BCUT2D eigenvalue weighted by atomic mass is 16.3. The number of nitrogens with two attached hydrogens (primary N) is 1. The van der Waals surface area contributed by atoms with Gasteiger partial charge in [0.15, 0.2) is 0 Å². The minimum Gasteiger partial charge on any atom is -0.379 e. The normalized spacial score (nSPS) is 12.8. The molecule has 0 spiro atoms. The molecule has 0 saturated heterocycles. The summed E-state index contributed by atoms with van der Waals surface area (Å²) in [6.45, 7) is 2.27. The summed E-state index contributed by atoms with van der Waals surface area (Å²) < 4.78 is 0. The van der Waals surface area contributed by atoms with Gasteiger partial charge in [0.05, 0.1) is 0 Å². The molecule has 0 aromatic carbocycles. The lowest BCUT2D eigenvalue weighted by Crippen LogP contribution is -2.17. The molecule has 0 saturated carbocycles. The quantitative estimate of drug-likeness (QED) is 0.297. The van der Waals surface area contributed by atoms with E-state index in [1.807, 2.05) is 0 Å². The molecule has 0 heterocycles. The minimum atomic E-state index is -0.605. The van der Waals surface area contributed by atoms with Crippen LogP contribution in [0.25, 0.3) is 0 Å². The number of unbranched alkanes of at least 4 members (excludes halogenated alkanes) is 14. The smallest absolute Gasteiger partial charge is 0.102 e. The van der Waals surface area contributed by atoms with E-state index in [0.29, 0.717) is 0 Å². The lowest BCUT2D eigenvalue weighted by atomic mass is 10.0. The van der Waals surface area contributed by atoms with Crippen molar-refractivity contribution in [1.82, 2.24) is 0 Å². The molecule has 2 heteroatoms. The summed E-state index contributed by atoms with van der Waals surface area (Å²) in [5.41, 5.74) is 5.30. The maximum atomic E-state index is 8.93. The number of hydrogen-bond acceptors (Lipinski definition) is 2. The van der Waals surface area contributed by atoms with Gasteiger partial charge in [-0.1, -0.05) is 90.4 Å². The van der Waals surface area contributed by atoms with Gasteiger partial charge in [-0.05, 0) is 19.3 Å². The highest BCUT2D eigenvalue weighted by Crippen LogP contribution is 2.13. The van der Waals surface area contributed by atoms with Gasteiger partial charge in [-0.3, -0.25) is 0 Å². The second kappa shape index (κ2) is 17.0. The van der Waals surface area contributed by atoms with Crippen molar-refractivity contribution in [1.29, 1.82) is 0 Å². The van der Waals surface area contributed by atoms with E-state index in [9.17, 15) is 0 Å². The summed E-state index contributed by atoms with van der Waals surface area (Å²) in [6.07, 6.45) is 21.3. The van der Waals surface area contributed by atoms with Crippen LogP contribution in [-0.2, 0) is 0 Å². The molecule has 121 valence electrons. The fourth-order valence-electron chi connectivity index (χ4n) is 2.56. The van der Waals surface area contributed by atoms with Crippen molar-refractivity contribution in [3.63, 3.8) is 0 Å². The Kier molecular flexibility index (Phi) is 16.9. The lowest BCUT2D eigenvalue weighted by molar-refractivity contribution is 0.168. The maximum absolute atomic E-state index is 8.93. The minimum absolute atomic E-state index is 0.605. The number of rotatable bonds is 16. The van der Waals surface area contributed by atoms with Gasteiger partial charge in [0.25, 0.3) is 0 Å². The second-order valence-electron chi connectivity index (χ2n) is 6.11. The van der Waals surface area contributed by atoms with Crippen molar-refractivity contribution in [2.45, 2.75) is 109 Å². The van der Waals surface area contributed by atoms with Gasteiger partial charge in [0.2, 0.25) is 0 Å². The average Bonchev–Trinajstić information content (AvgIpc) is 2.43. The molecule has 0 aromatic heterocycles. The van der Waals surface area contributed by atoms with Crippen LogP contribution in [0.5, 0.6) is 0 Å². The zero-order chi connectivity index (χ0) is 14.9. The van der Waals surface area contributed by atoms with Crippen LogP contribution in [0.3, 0.4) is 0 Å². The molecule has 0 amide bonds. The largest absolute Gasteiger partial charge is 0.379 e. The first-order valence-electron chi connectivity index (χ1n) is 9.02. The number of aliphatic hydroxyl groups excluding tert-OH is 1. The molecule has 2 nitrogen and oxygen atoms in total. The Labute approximate surface area is 127 Å². The van der Waals surface area contributed by atoms with E-state index < -0.39 is 6.23 Å². The van der Waals surface area contributed by atoms with E-state index >= 15 is 0 Å². The third-order valence-corrected chi connectivity index (χ3v) is 3.92. The average molecular weight is 285 g/mol. The van der Waals surface area contributed by atoms with Crippen molar-refractivity contribution < 1.29 is 5.11 Å². The lowest BCUT2D eigenvalue weighted by Gasteiger charge is -2.04. The van der Waals surface area contributed by atoms with Gasteiger partial charge in [-0.15, -0.1) is 0 Å². The molecule has 0 fully saturated rings. The summed E-state index contributed by atoms with van der Waals surface area (Å²) in [4.78, 5) is 0. The van der Waals surface area contributed by atoms with Crippen LogP contribution in [-0.4, -0.2) is 11.3 Å². The second-order valence-corrected chi connectivity index (χ2v) is 6.11. The molecule has 0 aromatic rings. The van der Waals surface area contributed by atoms with E-state index in [1.165, 1.54) is 83.5 Å². The molecule has 3 N–H and O–H groups in total. The Morgan fingerprint density at radius 1 is 0.750 bits per heavy atom. The van der Waals surface area contributed by atoms with Gasteiger partial charge < -0.3 is 10.8 Å². The van der Waals surface area contributed by atoms with Crippen molar-refractivity contribution >= 4 is 0 Å². The first kappa shape index (κ1) is 19.9. The Hall–Kier alpha value is -0.0800. The van der Waals surface area contributed by atoms with Crippen LogP contribution in [0.2, 0.25) is 0 Å². The summed E-state index contributed by atoms with van der Waals surface area (Å²) in [6, 6.07) is 0. The van der Waals surface area contributed by atoms with Crippen molar-refractivity contribution in [2.75, 3.05) is 0 Å². The molecule has 0 aliphatic heterocycles. The SMILES string of the molecule is CCCCCCCC[CH]CCCCCCCCC(N)O. The van der Waals surface area contributed by atoms with E-state index in [2.05, 4.69) is 13.3 Å². The fourth-order valence-corrected chi connectivity index (χ4v) is 2.56. The predicted octanol–water partition coefficient (Wildman–Crippen LogP) is 5.34. The van der Waals surface area contributed by atoms with Crippen LogP contribution in [0.4, 0.5) is 0 Å². The van der Waals surface area contributed by atoms with Crippen molar-refractivity contribution in [3.8, 4) is 0 Å². The van der Waals surface area contributed by atoms with Gasteiger partial charge in [0, 0.05) is 0 Å². The third-order valence-electron chi connectivity index (χ3n) is 3.92. The number of aliphatic hydroxyl groups is 1. The van der Waals surface area contributed by atoms with Crippen LogP contribution >= 0.6 is 0 Å². The van der Waals surface area contributed by atoms with Gasteiger partial charge in [-0.25, -0.2) is 0 Å². The first-order valence-corrected chi connectivity index (χ1v) is 9.02. The van der Waals surface area contributed by atoms with Crippen LogP contribution < -0.4 is 5.73 Å². The Morgan fingerprint density at radius 3 is 1.70 bits per heavy atom. The summed E-state index contributed by atoms with van der Waals surface area (Å²) in [5.74, 6) is 0. The van der Waals surface area contributed by atoms with Crippen molar-refractivity contribution in [2.24, 2.45) is 5.73 Å². The van der Waals surface area contributed by atoms with Crippen molar-refractivity contribution in [3.05, 3.63) is 6.42 Å². The third kappa shape index (κ3) is 17.9. The molecular weight excluding hydrogens is 246 g/mol. The predicted molar refractivity (Wildman–Crippen MR) is 89.4 cm³/mol. The monoisotopic (exact) mass is 284 g/mol. The molecule has 0 rings (SSSR count). The van der Waals surface area contributed by atoms with Gasteiger partial charge >= 0.3 is 0 Å². The van der Waals surface area contributed by atoms with E-state index in [1.54, 1.807) is 0 Å². The molecule has 1 radical (unpaired) electrons. The first-order chi connectivity index (χ1) is 9.77. The molecule has 1 atom stereocenters. The molecule has 0 aliphatic rings. The van der Waals surface area contributed by atoms with Gasteiger partial charge in [-0.2, -0.15) is 0 Å². The Morgan fingerprint density at radius 2 is 1.20 bits per heavy atom. The summed E-state index contributed by atoms with van der Waals surface area (Å²) >= 11 is 0. The van der Waals surface area contributed by atoms with E-state index in [4.69, 9.17) is 10.8 Å². The van der Waals surface area contributed by atoms with E-state index in [-0.39, 0.29) is 0 Å². The molecule has 20 heavy (non-hydrogen) atoms. The topological polar surface area (TPSA) is 46.2 Å². The molecule has 0 aliphatic carbocycles. The molecule has 0 bridgehead atoms. The van der Waals surface area contributed by atoms with Crippen LogP contribution in [0.1, 0.15) is 103 Å². The molecule has 1 unspecified atom stereocenters. The maximum Gasteiger partial charge on any atom is 0.102 e. The van der Waals surface area contributed by atoms with Crippen LogP contribution in [0, 0.1) is 6.42 Å². The summed E-state index contributed by atoms with van der Waals surface area (Å²) in [5, 5.41) is 8.93. The van der Waals surface area contributed by atoms with E-state index in [0.717, 1.165) is 12.8 Å².